The van der Waals surface area contributed by atoms with Gasteiger partial charge in [-0.1, -0.05) is 12.1 Å². The van der Waals surface area contributed by atoms with Crippen molar-refractivity contribution in [1.29, 1.82) is 0 Å². The second kappa shape index (κ2) is 5.76. The van der Waals surface area contributed by atoms with Gasteiger partial charge >= 0.3 is 5.97 Å². The van der Waals surface area contributed by atoms with Crippen LogP contribution in [0.2, 0.25) is 0 Å². The van der Waals surface area contributed by atoms with Crippen LogP contribution in [0.1, 0.15) is 12.5 Å². The number of aliphatic carboxylic acids is 1. The molecule has 0 saturated carbocycles. The highest BCUT2D eigenvalue weighted by Crippen LogP contribution is 2.13. The molecule has 0 bridgehead atoms. The van der Waals surface area contributed by atoms with Crippen molar-refractivity contribution in [1.82, 2.24) is 5.32 Å². The van der Waals surface area contributed by atoms with Crippen molar-refractivity contribution < 1.29 is 19.6 Å². The summed E-state index contributed by atoms with van der Waals surface area (Å²) in [4.78, 5) is 32.0. The Balaban J connectivity index is 2.67. The summed E-state index contributed by atoms with van der Waals surface area (Å²) in [7, 11) is 0. The average Bonchev–Trinajstić information content (AvgIpc) is 2.28. The highest BCUT2D eigenvalue weighted by atomic mass is 16.6. The number of carboxylic acids is 1. The van der Waals surface area contributed by atoms with Crippen molar-refractivity contribution in [3.63, 3.8) is 0 Å². The Labute approximate surface area is 103 Å². The van der Waals surface area contributed by atoms with Crippen LogP contribution in [-0.4, -0.2) is 27.9 Å². The van der Waals surface area contributed by atoms with E-state index in [1.165, 1.54) is 25.1 Å². The summed E-state index contributed by atoms with van der Waals surface area (Å²) in [5.41, 5.74) is 0.353. The van der Waals surface area contributed by atoms with Gasteiger partial charge in [-0.05, 0) is 12.5 Å². The van der Waals surface area contributed by atoms with Crippen molar-refractivity contribution in [2.45, 2.75) is 19.4 Å². The molecule has 0 saturated heterocycles. The summed E-state index contributed by atoms with van der Waals surface area (Å²) in [5, 5.41) is 21.4. The molecule has 1 amide bonds. The minimum atomic E-state index is -1.14. The van der Waals surface area contributed by atoms with Gasteiger partial charge in [0.25, 0.3) is 5.69 Å². The topological polar surface area (TPSA) is 110 Å². The number of rotatable bonds is 5. The van der Waals surface area contributed by atoms with Crippen LogP contribution in [0.25, 0.3) is 0 Å². The van der Waals surface area contributed by atoms with Crippen LogP contribution in [0, 0.1) is 10.1 Å². The molecule has 1 aromatic carbocycles. The first kappa shape index (κ1) is 13.6. The largest absolute Gasteiger partial charge is 0.480 e. The van der Waals surface area contributed by atoms with Crippen molar-refractivity contribution in [2.75, 3.05) is 0 Å². The molecule has 18 heavy (non-hydrogen) atoms. The molecule has 0 radical (unpaired) electrons. The number of carboxylic acid groups (broad SMARTS) is 1. The molecule has 0 aromatic heterocycles. The molecule has 0 aliphatic heterocycles. The van der Waals surface area contributed by atoms with E-state index in [2.05, 4.69) is 5.32 Å². The summed E-state index contributed by atoms with van der Waals surface area (Å²) >= 11 is 0. The van der Waals surface area contributed by atoms with Gasteiger partial charge in [-0.2, -0.15) is 0 Å². The van der Waals surface area contributed by atoms with Crippen LogP contribution >= 0.6 is 0 Å². The van der Waals surface area contributed by atoms with Crippen LogP contribution in [0.15, 0.2) is 24.3 Å². The van der Waals surface area contributed by atoms with Crippen LogP contribution in [-0.2, 0) is 16.0 Å². The minimum Gasteiger partial charge on any atom is -0.480 e. The SMILES string of the molecule is CC(NC(=O)Cc1cccc([N+](=O)[O-])c1)C(=O)O. The van der Waals surface area contributed by atoms with Gasteiger partial charge in [0, 0.05) is 12.1 Å². The number of nitro groups is 1. The van der Waals surface area contributed by atoms with E-state index in [1.807, 2.05) is 0 Å². The van der Waals surface area contributed by atoms with Crippen LogP contribution in [0.4, 0.5) is 5.69 Å². The zero-order valence-electron chi connectivity index (χ0n) is 9.62. The van der Waals surface area contributed by atoms with Gasteiger partial charge in [0.05, 0.1) is 11.3 Å². The van der Waals surface area contributed by atoms with Gasteiger partial charge in [0.1, 0.15) is 6.04 Å². The molecule has 1 unspecified atom stereocenters. The summed E-state index contributed by atoms with van der Waals surface area (Å²) in [6, 6.07) is 4.65. The lowest BCUT2D eigenvalue weighted by molar-refractivity contribution is -0.384. The fourth-order valence-electron chi connectivity index (χ4n) is 1.32. The molecule has 1 rings (SSSR count). The summed E-state index contributed by atoms with van der Waals surface area (Å²) in [6.07, 6.45) is -0.0979. The number of non-ortho nitro benzene ring substituents is 1. The average molecular weight is 252 g/mol. The summed E-state index contributed by atoms with van der Waals surface area (Å²) in [6.45, 7) is 1.34. The molecule has 0 aliphatic rings. The molecule has 0 heterocycles. The van der Waals surface area contributed by atoms with E-state index in [0.717, 1.165) is 0 Å². The highest BCUT2D eigenvalue weighted by molar-refractivity contribution is 5.84. The number of nitrogens with zero attached hydrogens (tertiary/aromatic N) is 1. The summed E-state index contributed by atoms with van der Waals surface area (Å²) in [5.74, 6) is -1.63. The van der Waals surface area contributed by atoms with E-state index in [9.17, 15) is 19.7 Å². The maximum atomic E-state index is 11.5. The number of carbonyl (C=O) groups excluding carboxylic acids is 1. The quantitative estimate of drug-likeness (QED) is 0.592. The third-order valence-electron chi connectivity index (χ3n) is 2.23. The monoisotopic (exact) mass is 252 g/mol. The van der Waals surface area contributed by atoms with Crippen LogP contribution in [0.5, 0.6) is 0 Å². The van der Waals surface area contributed by atoms with Gasteiger partial charge in [-0.25, -0.2) is 0 Å². The summed E-state index contributed by atoms with van der Waals surface area (Å²) < 4.78 is 0. The van der Waals surface area contributed by atoms with E-state index in [0.29, 0.717) is 5.56 Å². The van der Waals surface area contributed by atoms with Crippen molar-refractivity contribution >= 4 is 17.6 Å². The zero-order chi connectivity index (χ0) is 13.7. The Morgan fingerprint density at radius 2 is 2.17 bits per heavy atom. The second-order valence-electron chi connectivity index (χ2n) is 3.73. The minimum absolute atomic E-state index is 0.0979. The molecular formula is C11H12N2O5. The number of benzene rings is 1. The molecule has 1 atom stereocenters. The van der Waals surface area contributed by atoms with E-state index in [1.54, 1.807) is 6.07 Å². The zero-order valence-corrected chi connectivity index (χ0v) is 9.62. The van der Waals surface area contributed by atoms with Gasteiger partial charge < -0.3 is 10.4 Å². The normalized spacial score (nSPS) is 11.6. The smallest absolute Gasteiger partial charge is 0.325 e. The third-order valence-corrected chi connectivity index (χ3v) is 2.23. The Kier molecular flexibility index (Phi) is 4.36. The first-order chi connectivity index (χ1) is 8.40. The highest BCUT2D eigenvalue weighted by Gasteiger charge is 2.15. The Bertz CT molecular complexity index is 486. The molecule has 7 nitrogen and oxygen atoms in total. The fraction of sp³-hybridized carbons (Fsp3) is 0.273. The molecule has 0 fully saturated rings. The lowest BCUT2D eigenvalue weighted by Crippen LogP contribution is -2.39. The maximum Gasteiger partial charge on any atom is 0.325 e. The van der Waals surface area contributed by atoms with E-state index in [4.69, 9.17) is 5.11 Å². The van der Waals surface area contributed by atoms with E-state index < -0.39 is 22.8 Å². The van der Waals surface area contributed by atoms with E-state index >= 15 is 0 Å². The lowest BCUT2D eigenvalue weighted by Gasteiger charge is -2.08. The fourth-order valence-corrected chi connectivity index (χ4v) is 1.32. The van der Waals surface area contributed by atoms with Gasteiger partial charge in [-0.3, -0.25) is 19.7 Å². The molecule has 1 aromatic rings. The standard InChI is InChI=1S/C11H12N2O5/c1-7(11(15)16)12-10(14)6-8-3-2-4-9(5-8)13(17)18/h2-5,7H,6H2,1H3,(H,12,14)(H,15,16). The lowest BCUT2D eigenvalue weighted by atomic mass is 10.1. The third kappa shape index (κ3) is 3.85. The van der Waals surface area contributed by atoms with Gasteiger partial charge in [0.15, 0.2) is 0 Å². The number of hydrogen-bond donors (Lipinski definition) is 2. The predicted molar refractivity (Wildman–Crippen MR) is 62.0 cm³/mol. The van der Waals surface area contributed by atoms with Crippen LogP contribution < -0.4 is 5.32 Å². The van der Waals surface area contributed by atoms with Gasteiger partial charge in [-0.15, -0.1) is 0 Å². The second-order valence-corrected chi connectivity index (χ2v) is 3.73. The first-order valence-electron chi connectivity index (χ1n) is 5.15. The van der Waals surface area contributed by atoms with Crippen molar-refractivity contribution in [3.8, 4) is 0 Å². The Morgan fingerprint density at radius 3 is 2.72 bits per heavy atom. The number of hydrogen-bond acceptors (Lipinski definition) is 4. The van der Waals surface area contributed by atoms with Crippen molar-refractivity contribution in [3.05, 3.63) is 39.9 Å². The number of amides is 1. The Morgan fingerprint density at radius 1 is 1.50 bits per heavy atom. The van der Waals surface area contributed by atoms with Crippen LogP contribution in [0.3, 0.4) is 0 Å². The number of nitrogens with one attached hydrogen (secondary N) is 1. The number of carbonyl (C=O) groups is 2. The molecular weight excluding hydrogens is 240 g/mol. The molecule has 0 aliphatic carbocycles. The molecule has 2 N–H and O–H groups in total. The molecule has 7 heteroatoms. The maximum absolute atomic E-state index is 11.5. The Hall–Kier alpha value is -2.44. The van der Waals surface area contributed by atoms with Gasteiger partial charge in [0.2, 0.25) is 5.91 Å². The molecule has 96 valence electrons. The number of nitro benzene ring substituents is 1. The first-order valence-corrected chi connectivity index (χ1v) is 5.15. The van der Waals surface area contributed by atoms with E-state index in [-0.39, 0.29) is 12.1 Å². The predicted octanol–water partition coefficient (Wildman–Crippen LogP) is 0.727. The van der Waals surface area contributed by atoms with Crippen molar-refractivity contribution in [2.24, 2.45) is 0 Å². The molecule has 0 spiro atoms.